The summed E-state index contributed by atoms with van der Waals surface area (Å²) in [5, 5.41) is 9.80. The van der Waals surface area contributed by atoms with Crippen LogP contribution in [-0.4, -0.2) is 43.9 Å². The number of thioether (sulfide) groups is 1. The zero-order valence-corrected chi connectivity index (χ0v) is 18.0. The number of hydrogen-bond donors (Lipinski definition) is 0. The van der Waals surface area contributed by atoms with Crippen LogP contribution in [0.15, 0.2) is 35.5 Å². The molecular weight excluding hydrogens is 380 g/mol. The maximum atomic E-state index is 13.1. The Balaban J connectivity index is 1.16. The van der Waals surface area contributed by atoms with Crippen molar-refractivity contribution in [3.63, 3.8) is 0 Å². The highest BCUT2D eigenvalue weighted by atomic mass is 32.2. The third-order valence-corrected chi connectivity index (χ3v) is 7.51. The van der Waals surface area contributed by atoms with Gasteiger partial charge in [0.05, 0.1) is 5.25 Å². The Labute approximate surface area is 177 Å². The van der Waals surface area contributed by atoms with E-state index in [4.69, 9.17) is 0 Å². The predicted octanol–water partition coefficient (Wildman–Crippen LogP) is 4.45. The van der Waals surface area contributed by atoms with Crippen LogP contribution in [0.25, 0.3) is 0 Å². The molecule has 2 saturated carbocycles. The third-order valence-electron chi connectivity index (χ3n) is 6.47. The Morgan fingerprint density at radius 3 is 2.45 bits per heavy atom. The number of piperidine rings is 1. The molecule has 0 N–H and O–H groups in total. The van der Waals surface area contributed by atoms with Gasteiger partial charge < -0.3 is 9.47 Å². The summed E-state index contributed by atoms with van der Waals surface area (Å²) in [6, 6.07) is 11.3. The first kappa shape index (κ1) is 19.2. The van der Waals surface area contributed by atoms with Crippen LogP contribution in [0.3, 0.4) is 0 Å². The molecule has 1 saturated heterocycles. The molecule has 3 aliphatic rings. The molecule has 0 bridgehead atoms. The summed E-state index contributed by atoms with van der Waals surface area (Å²) < 4.78 is 2.35. The van der Waals surface area contributed by atoms with Crippen molar-refractivity contribution in [3.05, 3.63) is 41.7 Å². The highest BCUT2D eigenvalue weighted by Gasteiger charge is 2.37. The SMILES string of the molecule is CC(Sc1nnc(C2CC2)n1C1CC1)C(=O)N1CCC(Cc2ccccc2)CC1. The number of carbonyl (C=O) groups is 1. The second kappa shape index (κ2) is 8.13. The summed E-state index contributed by atoms with van der Waals surface area (Å²) in [6.07, 6.45) is 8.25. The number of aromatic nitrogens is 3. The van der Waals surface area contributed by atoms with E-state index in [0.29, 0.717) is 17.9 Å². The van der Waals surface area contributed by atoms with Crippen LogP contribution in [0.2, 0.25) is 0 Å². The Morgan fingerprint density at radius 1 is 1.07 bits per heavy atom. The molecule has 1 aliphatic heterocycles. The van der Waals surface area contributed by atoms with E-state index in [-0.39, 0.29) is 11.2 Å². The van der Waals surface area contributed by atoms with Crippen LogP contribution in [0.5, 0.6) is 0 Å². The van der Waals surface area contributed by atoms with E-state index in [2.05, 4.69) is 50.0 Å². The molecule has 3 fully saturated rings. The van der Waals surface area contributed by atoms with Crippen molar-refractivity contribution in [2.45, 2.75) is 74.2 Å². The van der Waals surface area contributed by atoms with E-state index in [1.165, 1.54) is 31.2 Å². The molecule has 1 atom stereocenters. The molecule has 1 aromatic heterocycles. The molecule has 29 heavy (non-hydrogen) atoms. The van der Waals surface area contributed by atoms with Crippen LogP contribution < -0.4 is 0 Å². The van der Waals surface area contributed by atoms with Gasteiger partial charge in [-0.15, -0.1) is 10.2 Å². The average molecular weight is 411 g/mol. The lowest BCUT2D eigenvalue weighted by molar-refractivity contribution is -0.131. The van der Waals surface area contributed by atoms with Crippen molar-refractivity contribution >= 4 is 17.7 Å². The van der Waals surface area contributed by atoms with Crippen molar-refractivity contribution in [1.82, 2.24) is 19.7 Å². The number of rotatable bonds is 7. The summed E-state index contributed by atoms with van der Waals surface area (Å²) in [5.41, 5.74) is 1.41. The molecule has 154 valence electrons. The van der Waals surface area contributed by atoms with Gasteiger partial charge in [-0.05, 0) is 63.4 Å². The quantitative estimate of drug-likeness (QED) is 0.633. The highest BCUT2D eigenvalue weighted by molar-refractivity contribution is 8.00. The van der Waals surface area contributed by atoms with Gasteiger partial charge in [0.1, 0.15) is 5.82 Å². The Bertz CT molecular complexity index is 851. The Morgan fingerprint density at radius 2 is 1.79 bits per heavy atom. The standard InChI is InChI=1S/C23H30N4OS/c1-16(29-23-25-24-21(19-7-8-19)27(23)20-9-10-20)22(28)26-13-11-18(12-14-26)15-17-5-3-2-4-6-17/h2-6,16,18-20H,7-15H2,1H3. The first-order valence-electron chi connectivity index (χ1n) is 11.1. The van der Waals surface area contributed by atoms with E-state index >= 15 is 0 Å². The number of likely N-dealkylation sites (tertiary alicyclic amines) is 1. The lowest BCUT2D eigenvalue weighted by atomic mass is 9.90. The zero-order chi connectivity index (χ0) is 19.8. The van der Waals surface area contributed by atoms with Crippen LogP contribution in [0, 0.1) is 5.92 Å². The lowest BCUT2D eigenvalue weighted by Gasteiger charge is -2.33. The summed E-state index contributed by atoms with van der Waals surface area (Å²) >= 11 is 1.61. The molecule has 1 aromatic carbocycles. The van der Waals surface area contributed by atoms with Gasteiger partial charge in [-0.25, -0.2) is 0 Å². The van der Waals surface area contributed by atoms with Gasteiger partial charge in [-0.1, -0.05) is 42.1 Å². The second-order valence-electron chi connectivity index (χ2n) is 8.93. The van der Waals surface area contributed by atoms with Gasteiger partial charge in [0, 0.05) is 25.0 Å². The van der Waals surface area contributed by atoms with Crippen molar-refractivity contribution in [3.8, 4) is 0 Å². The minimum atomic E-state index is -0.102. The first-order chi connectivity index (χ1) is 14.2. The summed E-state index contributed by atoms with van der Waals surface area (Å²) in [7, 11) is 0. The minimum absolute atomic E-state index is 0.102. The highest BCUT2D eigenvalue weighted by Crippen LogP contribution is 2.46. The van der Waals surface area contributed by atoms with Crippen LogP contribution in [-0.2, 0) is 11.2 Å². The molecular formula is C23H30N4OS. The molecule has 0 radical (unpaired) electrons. The first-order valence-corrected chi connectivity index (χ1v) is 12.0. The molecule has 1 amide bonds. The predicted molar refractivity (Wildman–Crippen MR) is 115 cm³/mol. The average Bonchev–Trinajstić information content (AvgIpc) is 3.68. The van der Waals surface area contributed by atoms with Crippen LogP contribution in [0.4, 0.5) is 0 Å². The molecule has 2 aliphatic carbocycles. The molecule has 0 spiro atoms. The number of carbonyl (C=O) groups excluding carboxylic acids is 1. The van der Waals surface area contributed by atoms with E-state index in [1.807, 2.05) is 6.92 Å². The molecule has 5 nitrogen and oxygen atoms in total. The minimum Gasteiger partial charge on any atom is -0.342 e. The molecule has 2 aromatic rings. The summed E-state index contributed by atoms with van der Waals surface area (Å²) in [5.74, 6) is 2.71. The van der Waals surface area contributed by atoms with E-state index in [0.717, 1.165) is 43.3 Å². The van der Waals surface area contributed by atoms with Crippen molar-refractivity contribution in [2.24, 2.45) is 5.92 Å². The van der Waals surface area contributed by atoms with Gasteiger partial charge in [-0.3, -0.25) is 4.79 Å². The number of hydrogen-bond acceptors (Lipinski definition) is 4. The molecule has 5 rings (SSSR count). The normalized spacial score (nSPS) is 21.3. The summed E-state index contributed by atoms with van der Waals surface area (Å²) in [4.78, 5) is 15.1. The van der Waals surface area contributed by atoms with Gasteiger partial charge in [-0.2, -0.15) is 0 Å². The van der Waals surface area contributed by atoms with Gasteiger partial charge in [0.15, 0.2) is 5.16 Å². The van der Waals surface area contributed by atoms with E-state index in [9.17, 15) is 4.79 Å². The topological polar surface area (TPSA) is 51.0 Å². The summed E-state index contributed by atoms with van der Waals surface area (Å²) in [6.45, 7) is 3.79. The molecule has 1 unspecified atom stereocenters. The zero-order valence-electron chi connectivity index (χ0n) is 17.2. The van der Waals surface area contributed by atoms with Crippen LogP contribution in [0.1, 0.15) is 68.8 Å². The Hall–Kier alpha value is -1.82. The van der Waals surface area contributed by atoms with Gasteiger partial charge >= 0.3 is 0 Å². The number of nitrogens with zero attached hydrogens (tertiary/aromatic N) is 4. The maximum absolute atomic E-state index is 13.1. The maximum Gasteiger partial charge on any atom is 0.235 e. The van der Waals surface area contributed by atoms with Crippen molar-refractivity contribution < 1.29 is 4.79 Å². The largest absolute Gasteiger partial charge is 0.342 e. The Kier molecular flexibility index (Phi) is 5.37. The van der Waals surface area contributed by atoms with Gasteiger partial charge in [0.2, 0.25) is 5.91 Å². The fourth-order valence-electron chi connectivity index (χ4n) is 4.44. The van der Waals surface area contributed by atoms with Gasteiger partial charge in [0.25, 0.3) is 0 Å². The fourth-order valence-corrected chi connectivity index (χ4v) is 5.45. The fraction of sp³-hybridized carbons (Fsp3) is 0.609. The smallest absolute Gasteiger partial charge is 0.235 e. The third kappa shape index (κ3) is 4.37. The second-order valence-corrected chi connectivity index (χ2v) is 10.2. The van der Waals surface area contributed by atoms with E-state index in [1.54, 1.807) is 11.8 Å². The number of benzene rings is 1. The number of amides is 1. The monoisotopic (exact) mass is 410 g/mol. The van der Waals surface area contributed by atoms with E-state index < -0.39 is 0 Å². The molecule has 2 heterocycles. The van der Waals surface area contributed by atoms with Crippen molar-refractivity contribution in [2.75, 3.05) is 13.1 Å². The lowest BCUT2D eigenvalue weighted by Crippen LogP contribution is -2.42. The molecule has 6 heteroatoms. The van der Waals surface area contributed by atoms with Crippen LogP contribution >= 0.6 is 11.8 Å². The van der Waals surface area contributed by atoms with Crippen molar-refractivity contribution in [1.29, 1.82) is 0 Å².